The molecule has 0 radical (unpaired) electrons. The molecule has 0 aliphatic carbocycles. The highest BCUT2D eigenvalue weighted by atomic mass is 32.1. The fourth-order valence-electron chi connectivity index (χ4n) is 2.52. The van der Waals surface area contributed by atoms with Crippen molar-refractivity contribution in [2.24, 2.45) is 0 Å². The van der Waals surface area contributed by atoms with Crippen molar-refractivity contribution in [2.75, 3.05) is 6.61 Å². The molecule has 0 unspecified atom stereocenters. The first-order chi connectivity index (χ1) is 12.7. The van der Waals surface area contributed by atoms with Gasteiger partial charge in [-0.1, -0.05) is 30.3 Å². The molecule has 5 heteroatoms. The number of hydrogen-bond acceptors (Lipinski definition) is 4. The minimum absolute atomic E-state index is 0.0219. The van der Waals surface area contributed by atoms with Gasteiger partial charge in [0.25, 0.3) is 5.91 Å². The average molecular weight is 362 g/mol. The lowest BCUT2D eigenvalue weighted by molar-refractivity contribution is -0.123. The van der Waals surface area contributed by atoms with Crippen molar-refractivity contribution in [1.29, 1.82) is 5.26 Å². The van der Waals surface area contributed by atoms with Crippen LogP contribution >= 0.6 is 11.3 Å². The molecule has 0 aliphatic heterocycles. The minimum atomic E-state index is -0.151. The lowest BCUT2D eigenvalue weighted by atomic mass is 10.0. The van der Waals surface area contributed by atoms with Crippen molar-refractivity contribution in [3.05, 3.63) is 76.5 Å². The summed E-state index contributed by atoms with van der Waals surface area (Å²) < 4.78 is 5.56. The molecule has 0 fully saturated rings. The Hall–Kier alpha value is -3.10. The van der Waals surface area contributed by atoms with E-state index in [4.69, 9.17) is 10.00 Å². The van der Waals surface area contributed by atoms with Gasteiger partial charge in [0.05, 0.1) is 17.7 Å². The lowest BCUT2D eigenvalue weighted by Crippen LogP contribution is -2.30. The summed E-state index contributed by atoms with van der Waals surface area (Å²) in [4.78, 5) is 13.1. The number of carbonyl (C=O) groups is 1. The predicted octanol–water partition coefficient (Wildman–Crippen LogP) is 4.54. The first kappa shape index (κ1) is 17.7. The van der Waals surface area contributed by atoms with E-state index in [1.165, 1.54) is 0 Å². The third-order valence-corrected chi connectivity index (χ3v) is 4.97. The number of nitriles is 1. The Morgan fingerprint density at radius 2 is 1.77 bits per heavy atom. The molecule has 1 atom stereocenters. The van der Waals surface area contributed by atoms with Gasteiger partial charge in [-0.15, -0.1) is 11.3 Å². The monoisotopic (exact) mass is 362 g/mol. The molecule has 2 aromatic carbocycles. The van der Waals surface area contributed by atoms with Gasteiger partial charge in [0, 0.05) is 4.88 Å². The second-order valence-electron chi connectivity index (χ2n) is 5.81. The van der Waals surface area contributed by atoms with Crippen molar-refractivity contribution in [2.45, 2.75) is 13.0 Å². The number of amides is 1. The largest absolute Gasteiger partial charge is 0.484 e. The highest BCUT2D eigenvalue weighted by molar-refractivity contribution is 7.10. The molecular weight excluding hydrogens is 344 g/mol. The molecule has 0 spiro atoms. The van der Waals surface area contributed by atoms with Crippen LogP contribution in [0.5, 0.6) is 5.75 Å². The van der Waals surface area contributed by atoms with E-state index in [0.717, 1.165) is 16.0 Å². The third-order valence-electron chi connectivity index (χ3n) is 3.92. The number of ether oxygens (including phenoxy) is 1. The average Bonchev–Trinajstić information content (AvgIpc) is 3.22. The Morgan fingerprint density at radius 1 is 1.12 bits per heavy atom. The van der Waals surface area contributed by atoms with E-state index in [2.05, 4.69) is 11.4 Å². The van der Waals surface area contributed by atoms with E-state index >= 15 is 0 Å². The summed E-state index contributed by atoms with van der Waals surface area (Å²) in [6, 6.07) is 21.0. The van der Waals surface area contributed by atoms with Crippen LogP contribution < -0.4 is 10.1 Å². The van der Waals surface area contributed by atoms with Crippen molar-refractivity contribution in [3.63, 3.8) is 0 Å². The molecular formula is C21H18N2O2S. The SMILES string of the molecule is C[C@@H](NC(=O)COc1ccc(-c2ccc(C#N)cc2)cc1)c1cccs1. The second-order valence-corrected chi connectivity index (χ2v) is 6.79. The van der Waals surface area contributed by atoms with Crippen molar-refractivity contribution < 1.29 is 9.53 Å². The van der Waals surface area contributed by atoms with Crippen LogP contribution in [-0.4, -0.2) is 12.5 Å². The van der Waals surface area contributed by atoms with E-state index < -0.39 is 0 Å². The zero-order valence-corrected chi connectivity index (χ0v) is 15.1. The summed E-state index contributed by atoms with van der Waals surface area (Å²) in [6.45, 7) is 1.93. The molecule has 130 valence electrons. The first-order valence-corrected chi connectivity index (χ1v) is 9.10. The van der Waals surface area contributed by atoms with Crippen LogP contribution in [0.15, 0.2) is 66.0 Å². The molecule has 0 saturated carbocycles. The van der Waals surface area contributed by atoms with Crippen molar-refractivity contribution in [3.8, 4) is 22.9 Å². The summed E-state index contributed by atoms with van der Waals surface area (Å²) in [5.74, 6) is 0.489. The minimum Gasteiger partial charge on any atom is -0.484 e. The van der Waals surface area contributed by atoms with Gasteiger partial charge in [-0.05, 0) is 53.8 Å². The molecule has 1 heterocycles. The van der Waals surface area contributed by atoms with Crippen LogP contribution in [0.25, 0.3) is 11.1 Å². The second kappa shape index (κ2) is 8.32. The number of hydrogen-bond donors (Lipinski definition) is 1. The third kappa shape index (κ3) is 4.50. The highest BCUT2D eigenvalue weighted by Gasteiger charge is 2.10. The summed E-state index contributed by atoms with van der Waals surface area (Å²) in [5, 5.41) is 13.8. The van der Waals surface area contributed by atoms with Crippen molar-refractivity contribution in [1.82, 2.24) is 5.32 Å². The fraction of sp³-hybridized carbons (Fsp3) is 0.143. The maximum Gasteiger partial charge on any atom is 0.258 e. The van der Waals surface area contributed by atoms with Crippen LogP contribution in [0.2, 0.25) is 0 Å². The summed E-state index contributed by atoms with van der Waals surface area (Å²) >= 11 is 1.62. The Morgan fingerprint density at radius 3 is 2.35 bits per heavy atom. The van der Waals surface area contributed by atoms with Gasteiger partial charge in [0.2, 0.25) is 0 Å². The molecule has 1 N–H and O–H groups in total. The number of thiophene rings is 1. The number of nitrogens with one attached hydrogen (secondary N) is 1. The van der Waals surface area contributed by atoms with Crippen LogP contribution in [0.1, 0.15) is 23.4 Å². The molecule has 26 heavy (non-hydrogen) atoms. The zero-order chi connectivity index (χ0) is 18.4. The van der Waals surface area contributed by atoms with E-state index in [1.807, 2.05) is 60.8 Å². The quantitative estimate of drug-likeness (QED) is 0.700. The Kier molecular flexibility index (Phi) is 5.67. The van der Waals surface area contributed by atoms with E-state index in [-0.39, 0.29) is 18.6 Å². The van der Waals surface area contributed by atoms with Crippen molar-refractivity contribution >= 4 is 17.2 Å². The molecule has 1 amide bonds. The molecule has 3 rings (SSSR count). The first-order valence-electron chi connectivity index (χ1n) is 8.22. The van der Waals surface area contributed by atoms with Gasteiger partial charge in [0.1, 0.15) is 5.75 Å². The summed E-state index contributed by atoms with van der Waals surface area (Å²) in [5.41, 5.74) is 2.69. The zero-order valence-electron chi connectivity index (χ0n) is 14.3. The fourth-order valence-corrected chi connectivity index (χ4v) is 3.26. The molecule has 0 bridgehead atoms. The maximum atomic E-state index is 12.0. The Labute approximate surface area is 156 Å². The van der Waals surface area contributed by atoms with Crippen LogP contribution in [0.3, 0.4) is 0 Å². The summed E-state index contributed by atoms with van der Waals surface area (Å²) in [6.07, 6.45) is 0. The van der Waals surface area contributed by atoms with Gasteiger partial charge in [-0.3, -0.25) is 4.79 Å². The molecule has 4 nitrogen and oxygen atoms in total. The van der Waals surface area contributed by atoms with Gasteiger partial charge < -0.3 is 10.1 Å². The highest BCUT2D eigenvalue weighted by Crippen LogP contribution is 2.23. The van der Waals surface area contributed by atoms with Crippen LogP contribution in [0, 0.1) is 11.3 Å². The topological polar surface area (TPSA) is 62.1 Å². The van der Waals surface area contributed by atoms with Crippen LogP contribution in [-0.2, 0) is 4.79 Å². The number of carbonyl (C=O) groups excluding carboxylic acids is 1. The number of benzene rings is 2. The van der Waals surface area contributed by atoms with E-state index in [9.17, 15) is 4.79 Å². The van der Waals surface area contributed by atoms with Gasteiger partial charge >= 0.3 is 0 Å². The predicted molar refractivity (Wildman–Crippen MR) is 103 cm³/mol. The Balaban J connectivity index is 1.54. The van der Waals surface area contributed by atoms with E-state index in [1.54, 1.807) is 23.5 Å². The Bertz CT molecular complexity index is 895. The van der Waals surface area contributed by atoms with E-state index in [0.29, 0.717) is 11.3 Å². The normalized spacial score (nSPS) is 11.4. The van der Waals surface area contributed by atoms with Gasteiger partial charge in [-0.2, -0.15) is 5.26 Å². The molecule has 3 aromatic rings. The van der Waals surface area contributed by atoms with Crippen LogP contribution in [0.4, 0.5) is 0 Å². The molecule has 0 saturated heterocycles. The maximum absolute atomic E-state index is 12.0. The standard InChI is InChI=1S/C21H18N2O2S/c1-15(20-3-2-12-26-20)23-21(24)14-25-19-10-8-18(9-11-19)17-6-4-16(13-22)5-7-17/h2-12,15H,14H2,1H3,(H,23,24)/t15-/m1/s1. The van der Waals surface area contributed by atoms with Gasteiger partial charge in [-0.25, -0.2) is 0 Å². The molecule has 1 aromatic heterocycles. The molecule has 0 aliphatic rings. The number of rotatable bonds is 6. The number of nitrogens with zero attached hydrogens (tertiary/aromatic N) is 1. The smallest absolute Gasteiger partial charge is 0.258 e. The lowest BCUT2D eigenvalue weighted by Gasteiger charge is -2.13. The van der Waals surface area contributed by atoms with Gasteiger partial charge in [0.15, 0.2) is 6.61 Å². The summed E-state index contributed by atoms with van der Waals surface area (Å²) in [7, 11) is 0.